The van der Waals surface area contributed by atoms with Crippen LogP contribution in [0, 0.1) is 12.8 Å². The molecule has 7 nitrogen and oxygen atoms in total. The van der Waals surface area contributed by atoms with Gasteiger partial charge in [-0.2, -0.15) is 4.31 Å². The average Bonchev–Trinajstić information content (AvgIpc) is 3.16. The highest BCUT2D eigenvalue weighted by Gasteiger charge is 2.53. The molecule has 2 aromatic rings. The van der Waals surface area contributed by atoms with Gasteiger partial charge in [-0.25, -0.2) is 16.8 Å². The molecule has 0 N–H and O–H groups in total. The van der Waals surface area contributed by atoms with Crippen molar-refractivity contribution in [3.05, 3.63) is 72.3 Å². The number of aryl methyl sites for hydroxylation is 1. The summed E-state index contributed by atoms with van der Waals surface area (Å²) in [5, 5.41) is -1.04. The number of benzene rings is 2. The van der Waals surface area contributed by atoms with Gasteiger partial charge in [-0.05, 0) is 38.1 Å². The van der Waals surface area contributed by atoms with Crippen molar-refractivity contribution < 1.29 is 26.3 Å². The van der Waals surface area contributed by atoms with E-state index in [4.69, 9.17) is 9.47 Å². The monoisotopic (exact) mass is 479 g/mol. The van der Waals surface area contributed by atoms with Crippen LogP contribution in [0.4, 0.5) is 0 Å². The number of ether oxygens (including phenoxy) is 2. The molecule has 0 amide bonds. The molecule has 1 fully saturated rings. The minimum atomic E-state index is -3.98. The lowest BCUT2D eigenvalue weighted by molar-refractivity contribution is -0.0412. The zero-order valence-corrected chi connectivity index (χ0v) is 20.1. The Morgan fingerprint density at radius 3 is 2.22 bits per heavy atom. The first-order valence-corrected chi connectivity index (χ1v) is 13.2. The van der Waals surface area contributed by atoms with Gasteiger partial charge < -0.3 is 9.47 Å². The molecule has 0 aliphatic carbocycles. The lowest BCUT2D eigenvalue weighted by Crippen LogP contribution is -2.45. The fraction of sp³-hybridized carbons (Fsp3) is 0.391. The van der Waals surface area contributed by atoms with Gasteiger partial charge in [0.2, 0.25) is 10.0 Å². The van der Waals surface area contributed by atoms with Crippen molar-refractivity contribution in [2.24, 2.45) is 5.92 Å². The molecule has 0 radical (unpaired) electrons. The summed E-state index contributed by atoms with van der Waals surface area (Å²) in [6.07, 6.45) is 0. The maximum Gasteiger partial charge on any atom is 0.243 e. The van der Waals surface area contributed by atoms with Gasteiger partial charge in [0.25, 0.3) is 0 Å². The van der Waals surface area contributed by atoms with Crippen LogP contribution in [0.25, 0.3) is 0 Å². The Kier molecular flexibility index (Phi) is 7.57. The molecular weight excluding hydrogens is 450 g/mol. The highest BCUT2D eigenvalue weighted by atomic mass is 32.2. The Balaban J connectivity index is 2.11. The van der Waals surface area contributed by atoms with E-state index in [1.54, 1.807) is 37.3 Å². The molecule has 1 saturated heterocycles. The summed E-state index contributed by atoms with van der Waals surface area (Å²) < 4.78 is 66.3. The molecule has 9 heteroatoms. The second-order valence-electron chi connectivity index (χ2n) is 8.01. The molecular formula is C23H29NO6S2. The van der Waals surface area contributed by atoms with Crippen LogP contribution < -0.4 is 0 Å². The number of sulfone groups is 1. The summed E-state index contributed by atoms with van der Waals surface area (Å²) in [4.78, 5) is 0.251. The molecule has 0 spiro atoms. The minimum Gasteiger partial charge on any atom is -0.359 e. The second kappa shape index (κ2) is 9.84. The number of sulfonamides is 1. The highest BCUT2D eigenvalue weighted by Crippen LogP contribution is 2.39. The van der Waals surface area contributed by atoms with Crippen molar-refractivity contribution in [1.82, 2.24) is 4.31 Å². The largest absolute Gasteiger partial charge is 0.359 e. The van der Waals surface area contributed by atoms with E-state index >= 15 is 0 Å². The van der Waals surface area contributed by atoms with E-state index in [0.29, 0.717) is 5.57 Å². The van der Waals surface area contributed by atoms with Gasteiger partial charge in [0, 0.05) is 19.6 Å². The molecule has 2 aromatic carbocycles. The van der Waals surface area contributed by atoms with Crippen LogP contribution in [0.15, 0.2) is 76.5 Å². The van der Waals surface area contributed by atoms with Gasteiger partial charge in [-0.1, -0.05) is 48.0 Å². The summed E-state index contributed by atoms with van der Waals surface area (Å²) in [7, 11) is -6.42. The van der Waals surface area contributed by atoms with E-state index in [2.05, 4.69) is 6.58 Å². The van der Waals surface area contributed by atoms with E-state index in [9.17, 15) is 16.8 Å². The Hall–Kier alpha value is -2.04. The van der Waals surface area contributed by atoms with Crippen LogP contribution >= 0.6 is 0 Å². The third kappa shape index (κ3) is 4.82. The maximum absolute atomic E-state index is 13.7. The first kappa shape index (κ1) is 24.6. The van der Waals surface area contributed by atoms with Crippen molar-refractivity contribution in [1.29, 1.82) is 0 Å². The van der Waals surface area contributed by atoms with Crippen LogP contribution in [0.1, 0.15) is 12.5 Å². The molecule has 0 unspecified atom stereocenters. The zero-order chi connectivity index (χ0) is 23.5. The van der Waals surface area contributed by atoms with Gasteiger partial charge >= 0.3 is 0 Å². The second-order valence-corrected chi connectivity index (χ2v) is 12.0. The van der Waals surface area contributed by atoms with Crippen molar-refractivity contribution in [3.8, 4) is 0 Å². The molecule has 0 saturated carbocycles. The van der Waals surface area contributed by atoms with Gasteiger partial charge in [-0.15, -0.1) is 0 Å². The number of hydrogen-bond acceptors (Lipinski definition) is 6. The summed E-state index contributed by atoms with van der Waals surface area (Å²) >= 11 is 0. The molecule has 1 aliphatic rings. The van der Waals surface area contributed by atoms with Gasteiger partial charge in [-0.3, -0.25) is 0 Å². The Morgan fingerprint density at radius 1 is 1.03 bits per heavy atom. The fourth-order valence-electron chi connectivity index (χ4n) is 4.04. The van der Waals surface area contributed by atoms with Crippen LogP contribution in [0.3, 0.4) is 0 Å². The summed E-state index contributed by atoms with van der Waals surface area (Å²) in [5.74, 6) is -0.587. The summed E-state index contributed by atoms with van der Waals surface area (Å²) in [5.41, 5.74) is 1.53. The first-order chi connectivity index (χ1) is 15.1. The van der Waals surface area contributed by atoms with E-state index in [-0.39, 0.29) is 29.7 Å². The smallest absolute Gasteiger partial charge is 0.243 e. The summed E-state index contributed by atoms with van der Waals surface area (Å²) in [6.45, 7) is 7.37. The molecule has 0 aromatic heterocycles. The molecule has 32 heavy (non-hydrogen) atoms. The standard InChI is InChI=1S/C23H29NO6S2/c1-17(2)21-14-24(32(27,28)20-12-10-18(3)11-13-20)22(15-30-16-29-4)23(21)31(25,26)19-8-6-5-7-9-19/h5-13,21-23H,1,14-16H2,2-4H3/t21-,22-,23+/m1/s1. The Bertz CT molecular complexity index is 1140. The van der Waals surface area contributed by atoms with Gasteiger partial charge in [0.1, 0.15) is 6.79 Å². The third-order valence-electron chi connectivity index (χ3n) is 5.70. The first-order valence-electron chi connectivity index (χ1n) is 10.2. The van der Waals surface area contributed by atoms with Crippen molar-refractivity contribution in [2.75, 3.05) is 27.1 Å². The maximum atomic E-state index is 13.7. The molecule has 1 heterocycles. The lowest BCUT2D eigenvalue weighted by atomic mass is 9.98. The summed E-state index contributed by atoms with van der Waals surface area (Å²) in [6, 6.07) is 13.6. The number of nitrogens with zero attached hydrogens (tertiary/aromatic N) is 1. The quantitative estimate of drug-likeness (QED) is 0.312. The fourth-order valence-corrected chi connectivity index (χ4v) is 8.02. The van der Waals surface area contributed by atoms with E-state index in [0.717, 1.165) is 5.56 Å². The SMILES string of the molecule is C=C(C)[C@H]1CN(S(=O)(=O)c2ccc(C)cc2)[C@H](COCOC)[C@H]1S(=O)(=O)c1ccccc1. The van der Waals surface area contributed by atoms with Crippen LogP contribution in [-0.4, -0.2) is 59.5 Å². The van der Waals surface area contributed by atoms with Gasteiger partial charge in [0.05, 0.1) is 27.7 Å². The highest BCUT2D eigenvalue weighted by molar-refractivity contribution is 7.92. The molecule has 174 valence electrons. The van der Waals surface area contributed by atoms with E-state index < -0.39 is 37.1 Å². The average molecular weight is 480 g/mol. The Labute approximate surface area is 190 Å². The van der Waals surface area contributed by atoms with Gasteiger partial charge in [0.15, 0.2) is 9.84 Å². The normalized spacial score (nSPS) is 22.2. The van der Waals surface area contributed by atoms with Crippen LogP contribution in [0.2, 0.25) is 0 Å². The van der Waals surface area contributed by atoms with E-state index in [1.807, 2.05) is 6.92 Å². The molecule has 1 aliphatic heterocycles. The van der Waals surface area contributed by atoms with Crippen molar-refractivity contribution in [2.45, 2.75) is 34.9 Å². The third-order valence-corrected chi connectivity index (χ3v) is 9.90. The van der Waals surface area contributed by atoms with E-state index in [1.165, 1.54) is 35.7 Å². The lowest BCUT2D eigenvalue weighted by Gasteiger charge is -2.28. The minimum absolute atomic E-state index is 0.00326. The van der Waals surface area contributed by atoms with Crippen molar-refractivity contribution >= 4 is 19.9 Å². The molecule has 0 bridgehead atoms. The number of methoxy groups -OCH3 is 1. The van der Waals surface area contributed by atoms with Crippen molar-refractivity contribution in [3.63, 3.8) is 0 Å². The number of hydrogen-bond donors (Lipinski definition) is 0. The predicted octanol–water partition coefficient (Wildman–Crippen LogP) is 3.02. The zero-order valence-electron chi connectivity index (χ0n) is 18.5. The molecule has 3 rings (SSSR count). The molecule has 3 atom stereocenters. The van der Waals surface area contributed by atoms with Crippen LogP contribution in [0.5, 0.6) is 0 Å². The Morgan fingerprint density at radius 2 is 1.66 bits per heavy atom. The topological polar surface area (TPSA) is 90.0 Å². The number of rotatable bonds is 9. The van der Waals surface area contributed by atoms with Crippen LogP contribution in [-0.2, 0) is 29.3 Å². The predicted molar refractivity (Wildman–Crippen MR) is 122 cm³/mol.